The third kappa shape index (κ3) is 10.3. The fraction of sp³-hybridized carbons (Fsp3) is 0.681. The van der Waals surface area contributed by atoms with Crippen LogP contribution in [0.15, 0.2) is 36.9 Å². The van der Waals surface area contributed by atoms with Crippen molar-refractivity contribution in [2.75, 3.05) is 26.7 Å². The Labute approximate surface area is 423 Å². The molecule has 0 spiro atoms. The van der Waals surface area contributed by atoms with E-state index in [1.165, 1.54) is 11.0 Å². The topological polar surface area (TPSA) is 188 Å². The number of para-hydroxylation sites is 1. The third-order valence-electron chi connectivity index (χ3n) is 15.1. The monoisotopic (exact) mass is 944 g/mol. The van der Waals surface area contributed by atoms with E-state index in [0.29, 0.717) is 61.9 Å². The third-order valence-corrected chi connectivity index (χ3v) is 17.1. The summed E-state index contributed by atoms with van der Waals surface area (Å²) in [4.78, 5) is 65.7. The molecule has 15 nitrogen and oxygen atoms in total. The summed E-state index contributed by atoms with van der Waals surface area (Å²) < 4.78 is 64.0. The Bertz CT molecular complexity index is 2280. The molecule has 4 aliphatic carbocycles. The second-order valence-corrected chi connectivity index (χ2v) is 22.0. The van der Waals surface area contributed by atoms with Crippen LogP contribution in [0.5, 0.6) is 11.6 Å². The van der Waals surface area contributed by atoms with E-state index in [1.807, 2.05) is 36.2 Å². The molecule has 0 radical (unpaired) electrons. The van der Waals surface area contributed by atoms with Crippen LogP contribution in [-0.4, -0.2) is 121 Å². The Morgan fingerprint density at radius 3 is 2.45 bits per heavy atom. The van der Waals surface area contributed by atoms with Crippen molar-refractivity contribution in [3.8, 4) is 11.6 Å². The zero-order chi connectivity index (χ0) is 45.0. The second-order valence-electron chi connectivity index (χ2n) is 19.8. The van der Waals surface area contributed by atoms with Gasteiger partial charge in [-0.15, -0.1) is 6.58 Å². The summed E-state index contributed by atoms with van der Waals surface area (Å²) in [5, 5.41) is 6.52. The van der Waals surface area contributed by atoms with E-state index in [9.17, 15) is 22.8 Å². The number of benzene rings is 1. The number of alkyl halides is 1. The molecule has 65 heavy (non-hydrogen) atoms. The summed E-state index contributed by atoms with van der Waals surface area (Å²) in [7, 11) is -2.26. The molecule has 3 aliphatic heterocycles. The van der Waals surface area contributed by atoms with Gasteiger partial charge >= 0.3 is 57.5 Å². The second kappa shape index (κ2) is 19.6. The summed E-state index contributed by atoms with van der Waals surface area (Å²) in [5.74, 6) is -1.89. The first-order chi connectivity index (χ1) is 30.7. The number of aromatic nitrogens is 1. The molecule has 9 atom stereocenters. The Kier molecular flexibility index (Phi) is 14.7. The van der Waals surface area contributed by atoms with Gasteiger partial charge in [0.15, 0.2) is 0 Å². The predicted molar refractivity (Wildman–Crippen MR) is 236 cm³/mol. The van der Waals surface area contributed by atoms with Crippen LogP contribution < -0.4 is 71.5 Å². The molecule has 2 saturated heterocycles. The maximum absolute atomic E-state index is 15.7. The van der Waals surface area contributed by atoms with E-state index in [4.69, 9.17) is 19.2 Å². The standard InChI is InChI=1S/C47H63FN6O9S.K/c1-4-30-25-47(30,44(57)52-64(59,60)46(2)20-21-46)51-41(55)36-24-31-26-54(36)43(56)39(28-13-7-5-8-14-28)50-45(58)63-38-23-29(38)15-9-6-10-17-33-40(62-37-19-22-53(3)27-34(37)48)32-16-11-12-18-35(32)49-42(33)61-31;/h4,11-12,16,18,28-31,34,36-39H,1,5-10,13-15,17,19-27H2,2-3H3,(H3,50,51,52,55,57,58);/q;+1/p-1/t29-,30-,31-,34+,36+,37-,38-,39+,47-;/m1./s1. The number of carbonyl (C=O) groups is 4. The van der Waals surface area contributed by atoms with Crippen LogP contribution in [-0.2, 0) is 35.6 Å². The van der Waals surface area contributed by atoms with Crippen LogP contribution >= 0.6 is 0 Å². The molecule has 4 saturated carbocycles. The minimum absolute atomic E-state index is 0. The first-order valence-corrected chi connectivity index (χ1v) is 24.9. The van der Waals surface area contributed by atoms with Crippen LogP contribution in [0.2, 0.25) is 0 Å². The van der Waals surface area contributed by atoms with Crippen molar-refractivity contribution in [1.82, 2.24) is 25.4 Å². The number of hydrogen-bond donors (Lipinski definition) is 2. The molecule has 2 bridgehead atoms. The number of halogens is 1. The number of hydrogen-bond acceptors (Lipinski definition) is 11. The largest absolute Gasteiger partial charge is 1.00 e. The minimum Gasteiger partial charge on any atom is -0.543 e. The van der Waals surface area contributed by atoms with E-state index in [-0.39, 0.29) is 101 Å². The maximum atomic E-state index is 15.7. The van der Waals surface area contributed by atoms with Crippen molar-refractivity contribution in [3.05, 3.63) is 47.2 Å². The van der Waals surface area contributed by atoms with Gasteiger partial charge in [0, 0.05) is 30.8 Å². The van der Waals surface area contributed by atoms with Gasteiger partial charge in [-0.2, -0.15) is 0 Å². The minimum atomic E-state index is -4.15. The average Bonchev–Trinajstić information content (AvgIpc) is 4.23. The van der Waals surface area contributed by atoms with Gasteiger partial charge in [-0.25, -0.2) is 22.6 Å². The van der Waals surface area contributed by atoms with Crippen LogP contribution in [0, 0.1) is 17.8 Å². The van der Waals surface area contributed by atoms with Gasteiger partial charge in [-0.1, -0.05) is 50.3 Å². The van der Waals surface area contributed by atoms with Gasteiger partial charge in [0.05, 0.1) is 33.8 Å². The number of fused-ring (bicyclic) bond motifs is 5. The quantitative estimate of drug-likeness (QED) is 0.278. The fourth-order valence-electron chi connectivity index (χ4n) is 10.4. The number of sulfonamides is 1. The maximum Gasteiger partial charge on any atom is 1.00 e. The number of ether oxygens (including phenoxy) is 3. The van der Waals surface area contributed by atoms with Gasteiger partial charge in [0.25, 0.3) is 0 Å². The molecule has 4 amide bonds. The van der Waals surface area contributed by atoms with Crippen LogP contribution in [0.1, 0.15) is 109 Å². The summed E-state index contributed by atoms with van der Waals surface area (Å²) in [6.07, 6.45) is 8.12. The fourth-order valence-corrected chi connectivity index (χ4v) is 11.7. The molecule has 2 aromatic rings. The van der Waals surface area contributed by atoms with Crippen molar-refractivity contribution in [3.63, 3.8) is 0 Å². The zero-order valence-electron chi connectivity index (χ0n) is 38.0. The Morgan fingerprint density at radius 2 is 1.74 bits per heavy atom. The first kappa shape index (κ1) is 48.6. The van der Waals surface area contributed by atoms with Crippen molar-refractivity contribution < 1.29 is 97.6 Å². The first-order valence-electron chi connectivity index (χ1n) is 23.5. The Balaban J connectivity index is 0.00000576. The number of carbonyl (C=O) groups excluding carboxylic acids is 4. The molecule has 18 heteroatoms. The molecule has 6 fully saturated rings. The molecule has 348 valence electrons. The zero-order valence-corrected chi connectivity index (χ0v) is 41.9. The van der Waals surface area contributed by atoms with Crippen LogP contribution in [0.25, 0.3) is 15.6 Å². The average molecular weight is 945 g/mol. The van der Waals surface area contributed by atoms with Crippen molar-refractivity contribution in [2.24, 2.45) is 17.8 Å². The number of nitrogens with one attached hydrogen (secondary N) is 2. The molecule has 4 heterocycles. The van der Waals surface area contributed by atoms with E-state index in [0.717, 1.165) is 56.8 Å². The molecule has 7 aliphatic rings. The summed E-state index contributed by atoms with van der Waals surface area (Å²) in [6.45, 7) is 6.25. The molecule has 9 rings (SSSR count). The molecule has 0 unspecified atom stereocenters. The summed E-state index contributed by atoms with van der Waals surface area (Å²) >= 11 is 0. The van der Waals surface area contributed by atoms with Crippen LogP contribution in [0.4, 0.5) is 9.18 Å². The number of likely N-dealkylation sites (tertiary alicyclic amines) is 1. The number of alkyl carbamates (subject to hydrolysis) is 1. The van der Waals surface area contributed by atoms with Crippen molar-refractivity contribution >= 4 is 44.7 Å². The number of piperidine rings is 1. The van der Waals surface area contributed by atoms with Gasteiger partial charge in [0.1, 0.15) is 52.3 Å². The van der Waals surface area contributed by atoms with E-state index in [2.05, 4.69) is 21.9 Å². The summed E-state index contributed by atoms with van der Waals surface area (Å²) in [6, 6.07) is 5.35. The van der Waals surface area contributed by atoms with Crippen molar-refractivity contribution in [2.45, 2.75) is 157 Å². The number of amides is 4. The van der Waals surface area contributed by atoms with E-state index in [1.54, 1.807) is 6.92 Å². The summed E-state index contributed by atoms with van der Waals surface area (Å²) in [5.41, 5.74) is -0.366. The molecule has 1 aromatic heterocycles. The van der Waals surface area contributed by atoms with Gasteiger partial charge in [-0.05, 0) is 102 Å². The van der Waals surface area contributed by atoms with Gasteiger partial charge in [-0.3, -0.25) is 9.59 Å². The molecular formula is C47H62FKN6O9S. The van der Waals surface area contributed by atoms with Gasteiger partial charge in [0.2, 0.25) is 17.7 Å². The smallest absolute Gasteiger partial charge is 0.543 e. The SMILES string of the molecule is C=C[C@@H]1C[C@]1(NC(=O)[C@@H]1C[C@@H]2CN1C(=O)[C@H](C1CCCCC1)NC(=O)O[C@@H]1C[C@H]1CCCCCc1c(nc3ccccc3c1O[C@@H]1CCN(C)C[C@@H]1F)O2)C(=O)[N-]S(=O)(=O)C1(C)CC1.[K+]. The number of pyridine rings is 1. The van der Waals surface area contributed by atoms with Gasteiger partial charge < -0.3 is 44.2 Å². The number of nitrogens with zero attached hydrogens (tertiary/aromatic N) is 4. The normalized spacial score (nSPS) is 32.9. The van der Waals surface area contributed by atoms with E-state index < -0.39 is 80.5 Å². The number of rotatable bonds is 9. The van der Waals surface area contributed by atoms with Crippen LogP contribution in [0.3, 0.4) is 0 Å². The Morgan fingerprint density at radius 1 is 1.02 bits per heavy atom. The molecule has 2 N–H and O–H groups in total. The molecule has 1 aromatic carbocycles. The Hall–Kier alpha value is -2.87. The molecular weight excluding hydrogens is 883 g/mol. The predicted octanol–water partition coefficient (Wildman–Crippen LogP) is 3.03. The van der Waals surface area contributed by atoms with E-state index >= 15 is 9.18 Å². The van der Waals surface area contributed by atoms with Crippen molar-refractivity contribution in [1.29, 1.82) is 0 Å².